The molecule has 5 N–H and O–H groups in total. The predicted molar refractivity (Wildman–Crippen MR) is 180 cm³/mol. The van der Waals surface area contributed by atoms with Crippen LogP contribution in [0, 0.1) is 29.6 Å². The van der Waals surface area contributed by atoms with E-state index in [9.17, 15) is 35.1 Å². The summed E-state index contributed by atoms with van der Waals surface area (Å²) in [5, 5.41) is 55.8. The zero-order valence-corrected chi connectivity index (χ0v) is 31.6. The molecule has 0 radical (unpaired) electrons. The van der Waals surface area contributed by atoms with E-state index in [4.69, 9.17) is 23.7 Å². The van der Waals surface area contributed by atoms with E-state index in [1.807, 2.05) is 39.8 Å². The average Bonchev–Trinajstić information content (AvgIpc) is 3.02. The van der Waals surface area contributed by atoms with Crippen molar-refractivity contribution in [2.75, 3.05) is 14.1 Å². The molecule has 0 aromatic rings. The molecule has 286 valence electrons. The number of Topliss-reactive ketones (excluding diaryl/α,β-unsaturated/α-hetero) is 1. The zero-order chi connectivity index (χ0) is 37.3. The lowest BCUT2D eigenvalue weighted by Crippen LogP contribution is -2.58. The molecule has 18 atom stereocenters. The van der Waals surface area contributed by atoms with Crippen LogP contribution in [0.3, 0.4) is 0 Å². The van der Waals surface area contributed by atoms with Crippen LogP contribution >= 0.6 is 0 Å². The third kappa shape index (κ3) is 9.40. The molecule has 0 bridgehead atoms. The lowest BCUT2D eigenvalue weighted by atomic mass is 9.75. The fourth-order valence-corrected chi connectivity index (χ4v) is 8.16. The van der Waals surface area contributed by atoms with Crippen LogP contribution in [-0.2, 0) is 33.3 Å². The molecule has 0 amide bonds. The Balaban J connectivity index is 2.12. The molecule has 3 saturated heterocycles. The minimum Gasteiger partial charge on any atom is -0.459 e. The summed E-state index contributed by atoms with van der Waals surface area (Å²) in [5.41, 5.74) is -3.47. The minimum absolute atomic E-state index is 0.0844. The molecule has 13 heteroatoms. The van der Waals surface area contributed by atoms with Gasteiger partial charge in [0.25, 0.3) is 0 Å². The highest BCUT2D eigenvalue weighted by atomic mass is 16.7. The van der Waals surface area contributed by atoms with Crippen LogP contribution in [0.1, 0.15) is 94.9 Å². The fourth-order valence-electron chi connectivity index (χ4n) is 8.16. The van der Waals surface area contributed by atoms with Gasteiger partial charge in [0.05, 0.1) is 42.0 Å². The third-order valence-electron chi connectivity index (χ3n) is 11.4. The van der Waals surface area contributed by atoms with Crippen molar-refractivity contribution in [3.8, 4) is 0 Å². The van der Waals surface area contributed by atoms with Crippen LogP contribution in [-0.4, -0.2) is 135 Å². The molecule has 49 heavy (non-hydrogen) atoms. The topological polar surface area (TPSA) is 185 Å². The van der Waals surface area contributed by atoms with E-state index in [1.54, 1.807) is 34.6 Å². The molecule has 3 heterocycles. The highest BCUT2D eigenvalue weighted by molar-refractivity contribution is 5.83. The van der Waals surface area contributed by atoms with Crippen molar-refractivity contribution < 1.29 is 58.8 Å². The Morgan fingerprint density at radius 2 is 1.47 bits per heavy atom. The smallest absolute Gasteiger partial charge is 0.311 e. The summed E-state index contributed by atoms with van der Waals surface area (Å²) in [6.07, 6.45) is -8.58. The molecular weight excluding hydrogens is 638 g/mol. The van der Waals surface area contributed by atoms with Crippen molar-refractivity contribution in [1.82, 2.24) is 4.90 Å². The van der Waals surface area contributed by atoms with Gasteiger partial charge in [0.2, 0.25) is 0 Å². The fraction of sp³-hybridized carbons (Fsp3) is 0.944. The second-order valence-electron chi connectivity index (χ2n) is 16.0. The maximum absolute atomic E-state index is 14.0. The summed E-state index contributed by atoms with van der Waals surface area (Å²) in [6, 6.07) is -0.244. The highest BCUT2D eigenvalue weighted by Crippen LogP contribution is 2.39. The van der Waals surface area contributed by atoms with Gasteiger partial charge >= 0.3 is 5.97 Å². The van der Waals surface area contributed by atoms with Gasteiger partial charge in [0.1, 0.15) is 29.7 Å². The number of hydrogen-bond donors (Lipinski definition) is 5. The number of nitrogens with zero attached hydrogens (tertiary/aromatic N) is 1. The van der Waals surface area contributed by atoms with Gasteiger partial charge in [-0.3, -0.25) is 9.59 Å². The SMILES string of the molecule is CC[C@@H]1OC(=O)[C@H](C)[C@@H](O[C@H]2C[C@@](C)(O)[C@@H](O)[C@H](C)O2)[C@H](C)[C@@H](O[C@@H]2O[C@H](C)C[C@H](N(C)C)[C@H]2O)[C@@H](C)C[C@@H](C)C(=O)[C@H](C)[C@@H](O)[C@]1(C)O. The predicted octanol–water partition coefficient (Wildman–Crippen LogP) is 2.02. The molecule has 3 aliphatic heterocycles. The number of ketones is 1. The van der Waals surface area contributed by atoms with Crippen molar-refractivity contribution in [3.63, 3.8) is 0 Å². The van der Waals surface area contributed by atoms with Crippen LogP contribution in [0.4, 0.5) is 0 Å². The molecule has 0 spiro atoms. The maximum atomic E-state index is 14.0. The third-order valence-corrected chi connectivity index (χ3v) is 11.4. The number of aliphatic hydroxyl groups is 5. The average molecular weight is 704 g/mol. The number of esters is 1. The number of rotatable bonds is 6. The molecule has 0 aromatic heterocycles. The lowest BCUT2D eigenvalue weighted by Gasteiger charge is -2.47. The number of carbonyl (C=O) groups is 2. The number of aliphatic hydroxyl groups excluding tert-OH is 3. The van der Waals surface area contributed by atoms with Gasteiger partial charge in [-0.15, -0.1) is 0 Å². The van der Waals surface area contributed by atoms with Crippen LogP contribution in [0.25, 0.3) is 0 Å². The van der Waals surface area contributed by atoms with Crippen molar-refractivity contribution in [1.29, 1.82) is 0 Å². The van der Waals surface area contributed by atoms with Crippen molar-refractivity contribution in [2.24, 2.45) is 29.6 Å². The van der Waals surface area contributed by atoms with Gasteiger partial charge in [0, 0.05) is 30.2 Å². The zero-order valence-electron chi connectivity index (χ0n) is 31.6. The van der Waals surface area contributed by atoms with Crippen LogP contribution in [0.2, 0.25) is 0 Å². The molecule has 3 fully saturated rings. The van der Waals surface area contributed by atoms with E-state index in [0.29, 0.717) is 12.8 Å². The lowest BCUT2D eigenvalue weighted by molar-refractivity contribution is -0.306. The molecule has 0 aromatic carbocycles. The number of hydrogen-bond acceptors (Lipinski definition) is 13. The first-order chi connectivity index (χ1) is 22.5. The van der Waals surface area contributed by atoms with Gasteiger partial charge in [0.15, 0.2) is 12.6 Å². The molecular formula is C36H65NO12. The summed E-state index contributed by atoms with van der Waals surface area (Å²) in [5.74, 6) is -4.42. The van der Waals surface area contributed by atoms with Gasteiger partial charge in [-0.2, -0.15) is 0 Å². The van der Waals surface area contributed by atoms with Crippen LogP contribution < -0.4 is 0 Å². The van der Waals surface area contributed by atoms with Crippen LogP contribution in [0.5, 0.6) is 0 Å². The van der Waals surface area contributed by atoms with Crippen molar-refractivity contribution >= 4 is 11.8 Å². The summed E-state index contributed by atoms with van der Waals surface area (Å²) in [6.45, 7) is 16.9. The Kier molecular flexibility index (Phi) is 14.3. The van der Waals surface area contributed by atoms with Gasteiger partial charge in [-0.05, 0) is 73.9 Å². The van der Waals surface area contributed by atoms with E-state index in [1.165, 1.54) is 13.8 Å². The molecule has 0 saturated carbocycles. The summed E-state index contributed by atoms with van der Waals surface area (Å²) in [7, 11) is 3.77. The van der Waals surface area contributed by atoms with Gasteiger partial charge in [-0.1, -0.05) is 34.6 Å². The number of carbonyl (C=O) groups excluding carboxylic acids is 2. The Morgan fingerprint density at radius 3 is 2.02 bits per heavy atom. The second-order valence-corrected chi connectivity index (χ2v) is 16.0. The first-order valence-corrected chi connectivity index (χ1v) is 18.1. The van der Waals surface area contributed by atoms with E-state index < -0.39 is 96.2 Å². The van der Waals surface area contributed by atoms with Crippen molar-refractivity contribution in [2.45, 2.75) is 174 Å². The van der Waals surface area contributed by atoms with E-state index >= 15 is 0 Å². The Bertz CT molecular complexity index is 1100. The Morgan fingerprint density at radius 1 is 0.857 bits per heavy atom. The quantitative estimate of drug-likeness (QED) is 0.254. The first-order valence-electron chi connectivity index (χ1n) is 18.1. The summed E-state index contributed by atoms with van der Waals surface area (Å²) >= 11 is 0. The number of ether oxygens (including phenoxy) is 5. The van der Waals surface area contributed by atoms with Gasteiger partial charge < -0.3 is 54.1 Å². The number of likely N-dealkylation sites (N-methyl/N-ethyl adjacent to an activating group) is 1. The Hall–Kier alpha value is -1.26. The maximum Gasteiger partial charge on any atom is 0.311 e. The highest BCUT2D eigenvalue weighted by Gasteiger charge is 2.51. The standard InChI is InChI=1S/C36H65NO12/c1-13-25-36(10,44)31(40)20(5)27(38)17(2)14-18(3)29(49-34-28(39)24(37(11)12)15-19(4)45-34)21(6)30(22(7)33(42)47-25)48-26-16-35(9,43)32(41)23(8)46-26/h17-26,28-32,34,39-41,43-44H,13-16H2,1-12H3/t17-,18+,19-,20+,21-,22-,23+,24+,25+,26+,28-,29+,30+,31-,32+,34+,35-,36-/m1/s1. The molecule has 3 aliphatic rings. The first kappa shape index (κ1) is 42.2. The van der Waals surface area contributed by atoms with Crippen molar-refractivity contribution in [3.05, 3.63) is 0 Å². The number of cyclic esters (lactones) is 1. The molecule has 0 unspecified atom stereocenters. The molecule has 3 rings (SSSR count). The molecule has 0 aliphatic carbocycles. The molecule has 13 nitrogen and oxygen atoms in total. The van der Waals surface area contributed by atoms with Crippen LogP contribution in [0.15, 0.2) is 0 Å². The monoisotopic (exact) mass is 703 g/mol. The van der Waals surface area contributed by atoms with E-state index in [2.05, 4.69) is 0 Å². The minimum atomic E-state index is -1.94. The van der Waals surface area contributed by atoms with E-state index in [0.717, 1.165) is 0 Å². The second kappa shape index (κ2) is 16.6. The normalized spacial score (nSPS) is 49.8. The summed E-state index contributed by atoms with van der Waals surface area (Å²) in [4.78, 5) is 29.6. The largest absolute Gasteiger partial charge is 0.459 e. The van der Waals surface area contributed by atoms with E-state index in [-0.39, 0.29) is 36.7 Å². The Labute approximate surface area is 292 Å². The summed E-state index contributed by atoms with van der Waals surface area (Å²) < 4.78 is 31.3. The van der Waals surface area contributed by atoms with Gasteiger partial charge in [-0.25, -0.2) is 0 Å².